The van der Waals surface area contributed by atoms with E-state index >= 15 is 0 Å². The molecule has 1 saturated heterocycles. The standard InChI is InChI=1S/C16H19ClN2/c1-16(2)7-8-19(11-16)15-9-12(10-17)18-14-6-4-3-5-13(14)15/h3-6,9H,7-8,10-11H2,1-2H3. The van der Waals surface area contributed by atoms with E-state index in [1.54, 1.807) is 0 Å². The average Bonchev–Trinajstić information content (AvgIpc) is 2.77. The minimum Gasteiger partial charge on any atom is -0.370 e. The zero-order chi connectivity index (χ0) is 13.5. The minimum absolute atomic E-state index is 0.394. The molecule has 0 unspecified atom stereocenters. The van der Waals surface area contributed by atoms with Gasteiger partial charge >= 0.3 is 0 Å². The van der Waals surface area contributed by atoms with Crippen LogP contribution in [-0.4, -0.2) is 18.1 Å². The van der Waals surface area contributed by atoms with E-state index in [9.17, 15) is 0 Å². The zero-order valence-electron chi connectivity index (χ0n) is 11.5. The van der Waals surface area contributed by atoms with Crippen molar-refractivity contribution in [3.05, 3.63) is 36.0 Å². The first kappa shape index (κ1) is 12.7. The topological polar surface area (TPSA) is 16.1 Å². The number of para-hydroxylation sites is 1. The second-order valence-electron chi connectivity index (χ2n) is 6.12. The highest BCUT2D eigenvalue weighted by Crippen LogP contribution is 2.36. The van der Waals surface area contributed by atoms with Crippen molar-refractivity contribution in [3.63, 3.8) is 0 Å². The van der Waals surface area contributed by atoms with Crippen LogP contribution in [0.3, 0.4) is 0 Å². The van der Waals surface area contributed by atoms with E-state index in [-0.39, 0.29) is 0 Å². The van der Waals surface area contributed by atoms with Gasteiger partial charge in [0.1, 0.15) is 0 Å². The summed E-state index contributed by atoms with van der Waals surface area (Å²) in [6.07, 6.45) is 1.24. The third kappa shape index (κ3) is 2.42. The van der Waals surface area contributed by atoms with E-state index in [0.29, 0.717) is 11.3 Å². The summed E-state index contributed by atoms with van der Waals surface area (Å²) in [5.74, 6) is 0.467. The minimum atomic E-state index is 0.394. The van der Waals surface area contributed by atoms with Crippen molar-refractivity contribution in [2.24, 2.45) is 5.41 Å². The van der Waals surface area contributed by atoms with Crippen LogP contribution < -0.4 is 4.90 Å². The zero-order valence-corrected chi connectivity index (χ0v) is 12.2. The van der Waals surface area contributed by atoms with E-state index in [2.05, 4.69) is 48.0 Å². The maximum Gasteiger partial charge on any atom is 0.0726 e. The van der Waals surface area contributed by atoms with E-state index in [1.165, 1.54) is 17.5 Å². The molecule has 0 saturated carbocycles. The quantitative estimate of drug-likeness (QED) is 0.763. The smallest absolute Gasteiger partial charge is 0.0726 e. The normalized spacial score (nSPS) is 18.2. The van der Waals surface area contributed by atoms with Gasteiger partial charge in [0.2, 0.25) is 0 Å². The van der Waals surface area contributed by atoms with Gasteiger partial charge in [-0.25, -0.2) is 0 Å². The highest BCUT2D eigenvalue weighted by Gasteiger charge is 2.30. The van der Waals surface area contributed by atoms with E-state index in [0.717, 1.165) is 24.3 Å². The van der Waals surface area contributed by atoms with Gasteiger partial charge < -0.3 is 4.90 Å². The Morgan fingerprint density at radius 2 is 2.11 bits per heavy atom. The van der Waals surface area contributed by atoms with Gasteiger partial charge in [0.25, 0.3) is 0 Å². The molecular formula is C16H19ClN2. The number of pyridine rings is 1. The van der Waals surface area contributed by atoms with E-state index in [4.69, 9.17) is 11.6 Å². The molecule has 0 spiro atoms. The summed E-state index contributed by atoms with van der Waals surface area (Å²) >= 11 is 5.98. The van der Waals surface area contributed by atoms with E-state index in [1.807, 2.05) is 6.07 Å². The van der Waals surface area contributed by atoms with Crippen LogP contribution in [0.25, 0.3) is 10.9 Å². The van der Waals surface area contributed by atoms with Crippen LogP contribution in [0.15, 0.2) is 30.3 Å². The molecule has 1 aliphatic rings. The molecule has 1 fully saturated rings. The fraction of sp³-hybridized carbons (Fsp3) is 0.438. The van der Waals surface area contributed by atoms with Crippen LogP contribution in [0.4, 0.5) is 5.69 Å². The highest BCUT2D eigenvalue weighted by atomic mass is 35.5. The summed E-state index contributed by atoms with van der Waals surface area (Å²) in [4.78, 5) is 7.08. The molecule has 1 aromatic carbocycles. The largest absolute Gasteiger partial charge is 0.370 e. The number of aromatic nitrogens is 1. The van der Waals surface area contributed by atoms with Crippen molar-refractivity contribution < 1.29 is 0 Å². The van der Waals surface area contributed by atoms with Crippen LogP contribution >= 0.6 is 11.6 Å². The lowest BCUT2D eigenvalue weighted by molar-refractivity contribution is 0.418. The number of hydrogen-bond acceptors (Lipinski definition) is 2. The van der Waals surface area contributed by atoms with Crippen molar-refractivity contribution in [1.82, 2.24) is 4.98 Å². The molecular weight excluding hydrogens is 256 g/mol. The highest BCUT2D eigenvalue weighted by molar-refractivity contribution is 6.17. The number of hydrogen-bond donors (Lipinski definition) is 0. The maximum absolute atomic E-state index is 5.98. The van der Waals surface area contributed by atoms with E-state index < -0.39 is 0 Å². The Morgan fingerprint density at radius 1 is 1.32 bits per heavy atom. The monoisotopic (exact) mass is 274 g/mol. The van der Waals surface area contributed by atoms with Gasteiger partial charge in [-0.1, -0.05) is 32.0 Å². The van der Waals surface area contributed by atoms with Crippen molar-refractivity contribution in [2.45, 2.75) is 26.1 Å². The van der Waals surface area contributed by atoms with Crippen molar-refractivity contribution in [2.75, 3.05) is 18.0 Å². The SMILES string of the molecule is CC1(C)CCN(c2cc(CCl)nc3ccccc23)C1. The molecule has 0 N–H and O–H groups in total. The van der Waals surface area contributed by atoms with Gasteiger partial charge in [0.15, 0.2) is 0 Å². The molecule has 2 nitrogen and oxygen atoms in total. The first-order valence-electron chi connectivity index (χ1n) is 6.79. The van der Waals surface area contributed by atoms with Gasteiger partial charge in [-0.2, -0.15) is 0 Å². The number of anilines is 1. The molecule has 2 heterocycles. The molecule has 100 valence electrons. The first-order valence-corrected chi connectivity index (χ1v) is 7.32. The lowest BCUT2D eigenvalue weighted by Crippen LogP contribution is -2.23. The van der Waals surface area contributed by atoms with Gasteiger partial charge in [-0.05, 0) is 24.0 Å². The van der Waals surface area contributed by atoms with Crippen molar-refractivity contribution in [3.8, 4) is 0 Å². The van der Waals surface area contributed by atoms with Gasteiger partial charge in [0.05, 0.1) is 17.1 Å². The number of benzene rings is 1. The predicted molar refractivity (Wildman–Crippen MR) is 81.9 cm³/mol. The molecule has 0 aliphatic carbocycles. The Hall–Kier alpha value is -1.28. The predicted octanol–water partition coefficient (Wildman–Crippen LogP) is 4.21. The van der Waals surface area contributed by atoms with Crippen molar-refractivity contribution >= 4 is 28.2 Å². The second kappa shape index (κ2) is 4.68. The number of fused-ring (bicyclic) bond motifs is 1. The van der Waals surface area contributed by atoms with Crippen molar-refractivity contribution in [1.29, 1.82) is 0 Å². The Morgan fingerprint density at radius 3 is 2.79 bits per heavy atom. The molecule has 0 amide bonds. The fourth-order valence-corrected chi connectivity index (χ4v) is 3.00. The molecule has 0 bridgehead atoms. The van der Waals surface area contributed by atoms with Gasteiger partial charge in [-0.15, -0.1) is 11.6 Å². The molecule has 2 aromatic rings. The average molecular weight is 275 g/mol. The summed E-state index contributed by atoms with van der Waals surface area (Å²) < 4.78 is 0. The summed E-state index contributed by atoms with van der Waals surface area (Å²) in [5.41, 5.74) is 3.68. The van der Waals surface area contributed by atoms with Gasteiger partial charge in [0, 0.05) is 24.2 Å². The first-order chi connectivity index (χ1) is 9.09. The summed E-state index contributed by atoms with van der Waals surface area (Å²) in [7, 11) is 0. The summed E-state index contributed by atoms with van der Waals surface area (Å²) in [6, 6.07) is 10.5. The number of rotatable bonds is 2. The lowest BCUT2D eigenvalue weighted by Gasteiger charge is -2.23. The Bertz CT molecular complexity index is 607. The second-order valence-corrected chi connectivity index (χ2v) is 6.39. The van der Waals surface area contributed by atoms with Crippen LogP contribution in [0.2, 0.25) is 0 Å². The Balaban J connectivity index is 2.11. The number of nitrogens with zero attached hydrogens (tertiary/aromatic N) is 2. The molecule has 3 heteroatoms. The molecule has 0 atom stereocenters. The molecule has 0 radical (unpaired) electrons. The van der Waals surface area contributed by atoms with Crippen LogP contribution in [0.5, 0.6) is 0 Å². The van der Waals surface area contributed by atoms with Gasteiger partial charge in [-0.3, -0.25) is 4.98 Å². The summed E-state index contributed by atoms with van der Waals surface area (Å²) in [6.45, 7) is 6.88. The molecule has 1 aromatic heterocycles. The van der Waals surface area contributed by atoms with Crippen LogP contribution in [0.1, 0.15) is 26.0 Å². The molecule has 3 rings (SSSR count). The third-order valence-corrected chi connectivity index (χ3v) is 4.18. The maximum atomic E-state index is 5.98. The third-order valence-electron chi connectivity index (χ3n) is 3.90. The molecule has 19 heavy (non-hydrogen) atoms. The summed E-state index contributed by atoms with van der Waals surface area (Å²) in [5, 5.41) is 1.23. The molecule has 1 aliphatic heterocycles. The number of alkyl halides is 1. The van der Waals surface area contributed by atoms with Crippen LogP contribution in [-0.2, 0) is 5.88 Å². The Labute approximate surface area is 119 Å². The lowest BCUT2D eigenvalue weighted by atomic mass is 9.93. The fourth-order valence-electron chi connectivity index (χ4n) is 2.86. The number of halogens is 1. The Kier molecular flexibility index (Phi) is 3.14. The van der Waals surface area contributed by atoms with Crippen LogP contribution in [0, 0.1) is 5.41 Å².